The fourth-order valence-corrected chi connectivity index (χ4v) is 5.43. The van der Waals surface area contributed by atoms with E-state index in [9.17, 15) is 9.59 Å². The Balaban J connectivity index is 1.39. The Bertz CT molecular complexity index is 1270. The van der Waals surface area contributed by atoms with E-state index < -0.39 is 0 Å². The third-order valence-corrected chi connectivity index (χ3v) is 7.65. The summed E-state index contributed by atoms with van der Waals surface area (Å²) in [6.07, 6.45) is 3.99. The number of carbonyl (C=O) groups is 2. The average Bonchev–Trinajstić information content (AvgIpc) is 3.44. The fourth-order valence-electron chi connectivity index (χ4n) is 5.43. The van der Waals surface area contributed by atoms with E-state index >= 15 is 0 Å². The summed E-state index contributed by atoms with van der Waals surface area (Å²) in [7, 11) is 0. The number of benzene rings is 1. The van der Waals surface area contributed by atoms with Crippen molar-refractivity contribution in [2.45, 2.75) is 60.3 Å². The number of nitrogens with zero attached hydrogens (tertiary/aromatic N) is 3. The minimum atomic E-state index is -0.377. The molecule has 5 rings (SSSR count). The Morgan fingerprint density at radius 2 is 1.97 bits per heavy atom. The number of carbonyl (C=O) groups excluding carboxylic acids is 2. The molecule has 1 fully saturated rings. The van der Waals surface area contributed by atoms with Crippen LogP contribution in [-0.2, 0) is 22.4 Å². The summed E-state index contributed by atoms with van der Waals surface area (Å²) in [5.41, 5.74) is 6.30. The van der Waals surface area contributed by atoms with Crippen LogP contribution >= 0.6 is 0 Å². The highest BCUT2D eigenvalue weighted by Gasteiger charge is 2.39. The third-order valence-electron chi connectivity index (χ3n) is 7.65. The number of anilines is 1. The van der Waals surface area contributed by atoms with Gasteiger partial charge in [0.1, 0.15) is 12.2 Å². The number of H-pyrrole nitrogens is 2. The number of aromatic nitrogens is 3. The van der Waals surface area contributed by atoms with Gasteiger partial charge in [0.15, 0.2) is 0 Å². The Labute approximate surface area is 200 Å². The smallest absolute Gasteiger partial charge is 0.246 e. The second-order valence-corrected chi connectivity index (χ2v) is 11.3. The van der Waals surface area contributed by atoms with Crippen molar-refractivity contribution in [3.8, 4) is 11.4 Å². The highest BCUT2D eigenvalue weighted by molar-refractivity contribution is 5.99. The molecule has 0 spiro atoms. The molecule has 1 saturated heterocycles. The topological polar surface area (TPSA) is 85.1 Å². The third kappa shape index (κ3) is 3.91. The van der Waals surface area contributed by atoms with Gasteiger partial charge in [-0.15, -0.1) is 0 Å². The van der Waals surface area contributed by atoms with Crippen molar-refractivity contribution in [2.24, 2.45) is 10.8 Å². The number of nitrogens with one attached hydrogen (secondary N) is 2. The second-order valence-electron chi connectivity index (χ2n) is 11.3. The van der Waals surface area contributed by atoms with Crippen molar-refractivity contribution in [1.29, 1.82) is 0 Å². The molecule has 0 saturated carbocycles. The van der Waals surface area contributed by atoms with Crippen LogP contribution in [0.3, 0.4) is 0 Å². The van der Waals surface area contributed by atoms with Crippen molar-refractivity contribution >= 4 is 28.4 Å². The first-order valence-electron chi connectivity index (χ1n) is 12.4. The van der Waals surface area contributed by atoms with Crippen molar-refractivity contribution in [1.82, 2.24) is 20.1 Å². The van der Waals surface area contributed by atoms with Crippen LogP contribution in [0.2, 0.25) is 0 Å². The fraction of sp³-hybridized carbons (Fsp3) is 0.519. The molecule has 1 aromatic carbocycles. The lowest BCUT2D eigenvalue weighted by Crippen LogP contribution is -2.42. The van der Waals surface area contributed by atoms with Crippen molar-refractivity contribution in [3.05, 3.63) is 35.5 Å². The zero-order valence-corrected chi connectivity index (χ0v) is 20.9. The predicted molar refractivity (Wildman–Crippen MR) is 135 cm³/mol. The zero-order chi connectivity index (χ0) is 24.3. The van der Waals surface area contributed by atoms with Gasteiger partial charge in [-0.3, -0.25) is 14.7 Å². The minimum absolute atomic E-state index is 0.0522. The van der Waals surface area contributed by atoms with Gasteiger partial charge < -0.3 is 14.8 Å². The Morgan fingerprint density at radius 1 is 1.18 bits per heavy atom. The number of rotatable bonds is 5. The lowest BCUT2D eigenvalue weighted by atomic mass is 9.76. The molecule has 2 N–H and O–H groups in total. The van der Waals surface area contributed by atoms with E-state index in [0.717, 1.165) is 53.7 Å². The Kier molecular flexibility index (Phi) is 5.34. The molecule has 3 heterocycles. The van der Waals surface area contributed by atoms with E-state index in [0.29, 0.717) is 18.5 Å². The van der Waals surface area contributed by atoms with E-state index in [2.05, 4.69) is 35.1 Å². The van der Waals surface area contributed by atoms with Crippen LogP contribution in [0, 0.1) is 10.8 Å². The number of likely N-dealkylation sites (tertiary alicyclic amines) is 1. The zero-order valence-electron chi connectivity index (χ0n) is 20.9. The van der Waals surface area contributed by atoms with Gasteiger partial charge in [0.05, 0.1) is 5.69 Å². The normalized spacial score (nSPS) is 19.0. The maximum atomic E-state index is 13.1. The average molecular weight is 462 g/mol. The molecule has 0 atom stereocenters. The van der Waals surface area contributed by atoms with Crippen LogP contribution in [0.5, 0.6) is 0 Å². The van der Waals surface area contributed by atoms with Gasteiger partial charge in [0, 0.05) is 46.4 Å². The number of hydrogen-bond acceptors (Lipinski definition) is 3. The van der Waals surface area contributed by atoms with Crippen molar-refractivity contribution in [2.75, 3.05) is 24.5 Å². The lowest BCUT2D eigenvalue weighted by Gasteiger charge is -2.28. The van der Waals surface area contributed by atoms with Crippen LogP contribution in [0.1, 0.15) is 58.7 Å². The molecule has 2 aromatic heterocycles. The molecule has 7 heteroatoms. The molecule has 0 bridgehead atoms. The Morgan fingerprint density at radius 3 is 2.68 bits per heavy atom. The number of fused-ring (bicyclic) bond motifs is 2. The van der Waals surface area contributed by atoms with Crippen molar-refractivity contribution in [3.63, 3.8) is 0 Å². The van der Waals surface area contributed by atoms with E-state index in [1.165, 1.54) is 11.3 Å². The van der Waals surface area contributed by atoms with Crippen LogP contribution in [0.15, 0.2) is 24.3 Å². The standard InChI is InChI=1S/C27H35N5O2/c1-6-32(23(33)16-31-12-11-27(4,5)25(31)34)18-8-7-17-13-21(28-20(17)14-18)24-19-9-10-26(2,3)15-22(19)29-30-24/h7-8,13-14,28H,6,9-12,15-16H2,1-5H3,(H,29,30). The minimum Gasteiger partial charge on any atom is -0.353 e. The first-order valence-corrected chi connectivity index (χ1v) is 12.4. The molecule has 1 aliphatic carbocycles. The summed E-state index contributed by atoms with van der Waals surface area (Å²) >= 11 is 0. The number of hydrogen-bond donors (Lipinski definition) is 2. The van der Waals surface area contributed by atoms with Gasteiger partial charge >= 0.3 is 0 Å². The molecular formula is C27H35N5O2. The summed E-state index contributed by atoms with van der Waals surface area (Å²) in [5, 5.41) is 9.01. The summed E-state index contributed by atoms with van der Waals surface area (Å²) in [4.78, 5) is 32.7. The maximum absolute atomic E-state index is 13.1. The van der Waals surface area contributed by atoms with Crippen LogP contribution in [0.4, 0.5) is 5.69 Å². The monoisotopic (exact) mass is 461 g/mol. The summed E-state index contributed by atoms with van der Waals surface area (Å²) < 4.78 is 0. The summed E-state index contributed by atoms with van der Waals surface area (Å²) in [6.45, 7) is 11.8. The second kappa shape index (κ2) is 8.00. The van der Waals surface area contributed by atoms with Gasteiger partial charge in [-0.1, -0.05) is 33.8 Å². The van der Waals surface area contributed by atoms with Gasteiger partial charge in [-0.25, -0.2) is 0 Å². The first kappa shape index (κ1) is 22.7. The molecule has 2 amide bonds. The van der Waals surface area contributed by atoms with Gasteiger partial charge in [0.2, 0.25) is 11.8 Å². The van der Waals surface area contributed by atoms with Crippen molar-refractivity contribution < 1.29 is 9.59 Å². The van der Waals surface area contributed by atoms with Gasteiger partial charge in [-0.05, 0) is 56.2 Å². The Hall–Kier alpha value is -3.09. The molecule has 34 heavy (non-hydrogen) atoms. The van der Waals surface area contributed by atoms with E-state index in [-0.39, 0.29) is 23.8 Å². The molecule has 0 radical (unpaired) electrons. The largest absolute Gasteiger partial charge is 0.353 e. The van der Waals surface area contributed by atoms with E-state index in [1.54, 1.807) is 9.80 Å². The molecule has 1 aliphatic heterocycles. The van der Waals surface area contributed by atoms with Gasteiger partial charge in [-0.2, -0.15) is 5.10 Å². The number of likely N-dealkylation sites (N-methyl/N-ethyl adjacent to an activating group) is 1. The number of aromatic amines is 2. The maximum Gasteiger partial charge on any atom is 0.246 e. The van der Waals surface area contributed by atoms with Crippen LogP contribution in [0.25, 0.3) is 22.3 Å². The summed E-state index contributed by atoms with van der Waals surface area (Å²) in [6, 6.07) is 8.20. The highest BCUT2D eigenvalue weighted by Crippen LogP contribution is 2.38. The summed E-state index contributed by atoms with van der Waals surface area (Å²) in [5.74, 6) is 0.00996. The lowest BCUT2D eigenvalue weighted by molar-refractivity contribution is -0.137. The van der Waals surface area contributed by atoms with Crippen LogP contribution < -0.4 is 4.90 Å². The molecule has 2 aliphatic rings. The molecule has 180 valence electrons. The first-order chi connectivity index (χ1) is 16.1. The molecule has 3 aromatic rings. The molecule has 7 nitrogen and oxygen atoms in total. The predicted octanol–water partition coefficient (Wildman–Crippen LogP) is 4.68. The van der Waals surface area contributed by atoms with Crippen LogP contribution in [-0.4, -0.2) is 51.5 Å². The quantitative estimate of drug-likeness (QED) is 0.578. The molecule has 0 unspecified atom stereocenters. The number of amides is 2. The van der Waals surface area contributed by atoms with E-state index in [4.69, 9.17) is 0 Å². The SMILES string of the molecule is CCN(C(=O)CN1CCC(C)(C)C1=O)c1ccc2cc(-c3n[nH]c4c3CCC(C)(C)C4)[nH]c2c1. The molecular weight excluding hydrogens is 426 g/mol. The van der Waals surface area contributed by atoms with Gasteiger partial charge in [0.25, 0.3) is 0 Å². The van der Waals surface area contributed by atoms with E-state index in [1.807, 2.05) is 39.0 Å². The highest BCUT2D eigenvalue weighted by atomic mass is 16.2.